The SMILES string of the molecule is O=c1cc(CN2CC3CCCCC3C2)oc2cc(Cl)ccc12. The summed E-state index contributed by atoms with van der Waals surface area (Å²) in [5.41, 5.74) is 0.608. The molecule has 1 aliphatic carbocycles. The van der Waals surface area contributed by atoms with Crippen molar-refractivity contribution in [1.29, 1.82) is 0 Å². The van der Waals surface area contributed by atoms with Crippen LogP contribution in [0.3, 0.4) is 0 Å². The standard InChI is InChI=1S/C18H20ClNO2/c19-14-5-6-16-17(21)8-15(22-18(16)7-14)11-20-9-12-3-1-2-4-13(12)10-20/h5-8,12-13H,1-4,9-11H2. The third kappa shape index (κ3) is 2.68. The fraction of sp³-hybridized carbons (Fsp3) is 0.500. The van der Waals surface area contributed by atoms with E-state index in [9.17, 15) is 4.79 Å². The zero-order chi connectivity index (χ0) is 15.1. The van der Waals surface area contributed by atoms with E-state index in [1.165, 1.54) is 25.7 Å². The van der Waals surface area contributed by atoms with E-state index in [0.29, 0.717) is 16.0 Å². The largest absolute Gasteiger partial charge is 0.459 e. The van der Waals surface area contributed by atoms with Gasteiger partial charge >= 0.3 is 0 Å². The molecule has 22 heavy (non-hydrogen) atoms. The summed E-state index contributed by atoms with van der Waals surface area (Å²) in [6.45, 7) is 3.01. The Balaban J connectivity index is 1.58. The van der Waals surface area contributed by atoms with Crippen LogP contribution in [0.4, 0.5) is 0 Å². The zero-order valence-corrected chi connectivity index (χ0v) is 13.3. The van der Waals surface area contributed by atoms with E-state index in [1.54, 1.807) is 24.3 Å². The first kappa shape index (κ1) is 14.3. The van der Waals surface area contributed by atoms with Crippen LogP contribution >= 0.6 is 11.6 Å². The maximum absolute atomic E-state index is 12.2. The molecule has 2 heterocycles. The van der Waals surface area contributed by atoms with E-state index in [-0.39, 0.29) is 5.43 Å². The lowest BCUT2D eigenvalue weighted by atomic mass is 9.82. The number of halogens is 1. The maximum Gasteiger partial charge on any atom is 0.192 e. The third-order valence-corrected chi connectivity index (χ3v) is 5.41. The smallest absolute Gasteiger partial charge is 0.192 e. The van der Waals surface area contributed by atoms with Gasteiger partial charge in [0, 0.05) is 30.2 Å². The van der Waals surface area contributed by atoms with E-state index < -0.39 is 0 Å². The van der Waals surface area contributed by atoms with Crippen molar-refractivity contribution in [2.24, 2.45) is 11.8 Å². The molecule has 2 fully saturated rings. The molecule has 0 amide bonds. The predicted octanol–water partition coefficient (Wildman–Crippen LogP) is 4.07. The Morgan fingerprint density at radius 3 is 2.59 bits per heavy atom. The molecule has 4 rings (SSSR count). The van der Waals surface area contributed by atoms with Gasteiger partial charge in [0.1, 0.15) is 11.3 Å². The van der Waals surface area contributed by atoms with Gasteiger partial charge in [-0.2, -0.15) is 0 Å². The van der Waals surface area contributed by atoms with Crippen molar-refractivity contribution in [1.82, 2.24) is 4.90 Å². The Bertz CT molecular complexity index is 740. The van der Waals surface area contributed by atoms with Crippen molar-refractivity contribution >= 4 is 22.6 Å². The predicted molar refractivity (Wildman–Crippen MR) is 88.2 cm³/mol. The fourth-order valence-corrected chi connectivity index (χ4v) is 4.27. The third-order valence-electron chi connectivity index (χ3n) is 5.17. The average Bonchev–Trinajstić information content (AvgIpc) is 2.88. The van der Waals surface area contributed by atoms with Crippen molar-refractivity contribution < 1.29 is 4.42 Å². The lowest BCUT2D eigenvalue weighted by Gasteiger charge is -2.23. The van der Waals surface area contributed by atoms with E-state index in [2.05, 4.69) is 4.90 Å². The van der Waals surface area contributed by atoms with Gasteiger partial charge in [-0.25, -0.2) is 0 Å². The molecule has 3 nitrogen and oxygen atoms in total. The summed E-state index contributed by atoms with van der Waals surface area (Å²) in [7, 11) is 0. The van der Waals surface area contributed by atoms with Gasteiger partial charge in [-0.1, -0.05) is 24.4 Å². The van der Waals surface area contributed by atoms with Gasteiger partial charge in [0.05, 0.1) is 11.9 Å². The van der Waals surface area contributed by atoms with Crippen LogP contribution in [0.2, 0.25) is 5.02 Å². The lowest BCUT2D eigenvalue weighted by Crippen LogP contribution is -2.21. The summed E-state index contributed by atoms with van der Waals surface area (Å²) in [6.07, 6.45) is 5.47. The summed E-state index contributed by atoms with van der Waals surface area (Å²) in [6, 6.07) is 6.83. The monoisotopic (exact) mass is 317 g/mol. The highest BCUT2D eigenvalue weighted by Gasteiger charge is 2.34. The highest BCUT2D eigenvalue weighted by molar-refractivity contribution is 6.31. The topological polar surface area (TPSA) is 33.5 Å². The molecule has 1 saturated carbocycles. The van der Waals surface area contributed by atoms with Crippen LogP contribution in [-0.4, -0.2) is 18.0 Å². The number of fused-ring (bicyclic) bond motifs is 2. The summed E-state index contributed by atoms with van der Waals surface area (Å²) in [4.78, 5) is 14.7. The molecule has 2 atom stereocenters. The van der Waals surface area contributed by atoms with Crippen LogP contribution in [0.1, 0.15) is 31.4 Å². The van der Waals surface area contributed by atoms with Gasteiger partial charge in [-0.05, 0) is 36.8 Å². The van der Waals surface area contributed by atoms with Gasteiger partial charge < -0.3 is 4.42 Å². The molecule has 2 aromatic rings. The first-order valence-corrected chi connectivity index (χ1v) is 8.51. The summed E-state index contributed by atoms with van der Waals surface area (Å²) in [5, 5.41) is 1.20. The molecule has 0 radical (unpaired) electrons. The quantitative estimate of drug-likeness (QED) is 0.837. The van der Waals surface area contributed by atoms with E-state index in [0.717, 1.165) is 37.2 Å². The number of nitrogens with zero attached hydrogens (tertiary/aromatic N) is 1. The van der Waals surface area contributed by atoms with Gasteiger partial charge in [-0.3, -0.25) is 9.69 Å². The summed E-state index contributed by atoms with van der Waals surface area (Å²) >= 11 is 6.00. The second-order valence-corrected chi connectivity index (χ2v) is 7.15. The molecule has 0 bridgehead atoms. The Morgan fingerprint density at radius 2 is 1.86 bits per heavy atom. The average molecular weight is 318 g/mol. The molecular weight excluding hydrogens is 298 g/mol. The number of hydrogen-bond donors (Lipinski definition) is 0. The molecule has 116 valence electrons. The van der Waals surface area contributed by atoms with Gasteiger partial charge in [-0.15, -0.1) is 0 Å². The summed E-state index contributed by atoms with van der Waals surface area (Å²) < 4.78 is 5.91. The molecule has 1 aliphatic heterocycles. The number of likely N-dealkylation sites (tertiary alicyclic amines) is 1. The van der Waals surface area contributed by atoms with Crippen molar-refractivity contribution in [3.8, 4) is 0 Å². The second kappa shape index (κ2) is 5.71. The van der Waals surface area contributed by atoms with Gasteiger partial charge in [0.15, 0.2) is 5.43 Å². The Labute approximate surface area is 134 Å². The number of benzene rings is 1. The van der Waals surface area contributed by atoms with Crippen LogP contribution in [0, 0.1) is 11.8 Å². The molecule has 1 saturated heterocycles. The minimum absolute atomic E-state index is 0.0181. The second-order valence-electron chi connectivity index (χ2n) is 6.72. The Kier molecular flexibility index (Phi) is 3.71. The maximum atomic E-state index is 12.2. The highest BCUT2D eigenvalue weighted by Crippen LogP contribution is 2.36. The van der Waals surface area contributed by atoms with Crippen LogP contribution < -0.4 is 5.43 Å². The molecule has 0 N–H and O–H groups in total. The molecule has 4 heteroatoms. The summed E-state index contributed by atoms with van der Waals surface area (Å²) in [5.74, 6) is 2.43. The van der Waals surface area contributed by atoms with Crippen molar-refractivity contribution in [3.05, 3.63) is 45.3 Å². The lowest BCUT2D eigenvalue weighted by molar-refractivity contribution is 0.285. The van der Waals surface area contributed by atoms with E-state index >= 15 is 0 Å². The molecule has 2 aliphatic rings. The molecule has 2 unspecified atom stereocenters. The Morgan fingerprint density at radius 1 is 1.14 bits per heavy atom. The van der Waals surface area contributed by atoms with Crippen LogP contribution in [0.5, 0.6) is 0 Å². The Hall–Kier alpha value is -1.32. The first-order valence-electron chi connectivity index (χ1n) is 8.14. The van der Waals surface area contributed by atoms with Crippen LogP contribution in [0.15, 0.2) is 33.5 Å². The molecule has 1 aromatic carbocycles. The molecular formula is C18H20ClNO2. The minimum Gasteiger partial charge on any atom is -0.459 e. The molecule has 1 aromatic heterocycles. The van der Waals surface area contributed by atoms with Crippen LogP contribution in [-0.2, 0) is 6.54 Å². The fourth-order valence-electron chi connectivity index (χ4n) is 4.11. The van der Waals surface area contributed by atoms with Gasteiger partial charge in [0.25, 0.3) is 0 Å². The number of rotatable bonds is 2. The van der Waals surface area contributed by atoms with Crippen LogP contribution in [0.25, 0.3) is 11.0 Å². The normalized spacial score (nSPS) is 25.5. The first-order chi connectivity index (χ1) is 10.7. The van der Waals surface area contributed by atoms with Crippen molar-refractivity contribution in [2.45, 2.75) is 32.2 Å². The van der Waals surface area contributed by atoms with Crippen molar-refractivity contribution in [2.75, 3.05) is 13.1 Å². The number of hydrogen-bond acceptors (Lipinski definition) is 3. The highest BCUT2D eigenvalue weighted by atomic mass is 35.5. The van der Waals surface area contributed by atoms with E-state index in [1.807, 2.05) is 0 Å². The zero-order valence-electron chi connectivity index (χ0n) is 12.6. The minimum atomic E-state index is 0.0181. The van der Waals surface area contributed by atoms with Gasteiger partial charge in [0.2, 0.25) is 0 Å². The molecule has 0 spiro atoms. The van der Waals surface area contributed by atoms with E-state index in [4.69, 9.17) is 16.0 Å². The van der Waals surface area contributed by atoms with Crippen molar-refractivity contribution in [3.63, 3.8) is 0 Å².